The Morgan fingerprint density at radius 1 is 0.783 bits per heavy atom. The fourth-order valence-corrected chi connectivity index (χ4v) is 2.37. The first-order chi connectivity index (χ1) is 11.3. The summed E-state index contributed by atoms with van der Waals surface area (Å²) in [6, 6.07) is 24.9. The van der Waals surface area contributed by atoms with Crippen LogP contribution in [0.4, 0.5) is 10.6 Å². The van der Waals surface area contributed by atoms with E-state index in [0.29, 0.717) is 5.82 Å². The smallest absolute Gasteiger partial charge is 0.324 e. The highest BCUT2D eigenvalue weighted by Gasteiger charge is 2.22. The van der Waals surface area contributed by atoms with Gasteiger partial charge in [-0.3, -0.25) is 5.32 Å². The van der Waals surface area contributed by atoms with Gasteiger partial charge in [0.2, 0.25) is 0 Å². The molecule has 3 aromatic rings. The topological polar surface area (TPSA) is 54.0 Å². The van der Waals surface area contributed by atoms with E-state index >= 15 is 0 Å². The number of nitrogens with one attached hydrogen (secondary N) is 2. The Morgan fingerprint density at radius 2 is 1.35 bits per heavy atom. The van der Waals surface area contributed by atoms with Crippen LogP contribution in [0.25, 0.3) is 0 Å². The summed E-state index contributed by atoms with van der Waals surface area (Å²) < 4.78 is 0. The number of rotatable bonds is 4. The standard InChI is InChI=1S/C18H16BN3O/c23-18(21-17-13-7-8-14-20-17)22-19(15-9-3-1-4-10-15)16-11-5-2-6-12-16/h1-14H,(H2,20,21,22,23). The molecule has 1 aromatic heterocycles. The molecule has 0 unspecified atom stereocenters. The van der Waals surface area contributed by atoms with Crippen molar-refractivity contribution < 1.29 is 4.79 Å². The number of urea groups is 1. The molecule has 2 aromatic carbocycles. The minimum absolute atomic E-state index is 0.221. The van der Waals surface area contributed by atoms with E-state index < -0.39 is 0 Å². The van der Waals surface area contributed by atoms with Crippen molar-refractivity contribution >= 4 is 29.6 Å². The van der Waals surface area contributed by atoms with Gasteiger partial charge in [0.1, 0.15) is 5.82 Å². The number of aromatic nitrogens is 1. The van der Waals surface area contributed by atoms with Crippen LogP contribution in [0, 0.1) is 0 Å². The van der Waals surface area contributed by atoms with E-state index in [4.69, 9.17) is 0 Å². The van der Waals surface area contributed by atoms with Gasteiger partial charge < -0.3 is 5.23 Å². The quantitative estimate of drug-likeness (QED) is 0.724. The van der Waals surface area contributed by atoms with Gasteiger partial charge >= 0.3 is 12.9 Å². The predicted molar refractivity (Wildman–Crippen MR) is 94.3 cm³/mol. The van der Waals surface area contributed by atoms with Crippen LogP contribution >= 0.6 is 0 Å². The minimum atomic E-state index is -0.290. The molecule has 0 radical (unpaired) electrons. The lowest BCUT2D eigenvalue weighted by Gasteiger charge is -2.16. The van der Waals surface area contributed by atoms with Gasteiger partial charge in [-0.1, -0.05) is 77.7 Å². The third-order valence-electron chi connectivity index (χ3n) is 3.45. The molecule has 0 aliphatic rings. The Morgan fingerprint density at radius 3 is 1.87 bits per heavy atom. The van der Waals surface area contributed by atoms with E-state index in [1.54, 1.807) is 18.3 Å². The summed E-state index contributed by atoms with van der Waals surface area (Å²) in [5.41, 5.74) is 2.05. The molecular weight excluding hydrogens is 285 g/mol. The lowest BCUT2D eigenvalue weighted by molar-refractivity contribution is 0.256. The zero-order valence-electron chi connectivity index (χ0n) is 12.5. The van der Waals surface area contributed by atoms with Gasteiger partial charge in [0.25, 0.3) is 0 Å². The minimum Gasteiger partial charge on any atom is -0.372 e. The molecule has 2 N–H and O–H groups in total. The van der Waals surface area contributed by atoms with E-state index in [-0.39, 0.29) is 12.9 Å². The van der Waals surface area contributed by atoms with Crippen LogP contribution in [0.3, 0.4) is 0 Å². The molecule has 0 aliphatic carbocycles. The van der Waals surface area contributed by atoms with E-state index in [2.05, 4.69) is 15.5 Å². The molecule has 0 saturated heterocycles. The Kier molecular flexibility index (Phi) is 4.69. The third-order valence-corrected chi connectivity index (χ3v) is 3.45. The highest BCUT2D eigenvalue weighted by atomic mass is 16.2. The highest BCUT2D eigenvalue weighted by molar-refractivity contribution is 6.84. The van der Waals surface area contributed by atoms with E-state index in [1.807, 2.05) is 66.7 Å². The summed E-state index contributed by atoms with van der Waals surface area (Å²) in [6.45, 7) is -0.221. The zero-order valence-corrected chi connectivity index (χ0v) is 12.5. The summed E-state index contributed by atoms with van der Waals surface area (Å²) in [6.07, 6.45) is 1.64. The Bertz CT molecular complexity index is 711. The summed E-state index contributed by atoms with van der Waals surface area (Å²) in [4.78, 5) is 16.4. The second-order valence-corrected chi connectivity index (χ2v) is 5.07. The molecule has 0 saturated carbocycles. The number of benzene rings is 2. The molecule has 0 fully saturated rings. The molecule has 0 bridgehead atoms. The summed E-state index contributed by atoms with van der Waals surface area (Å²) in [5.74, 6) is 0.518. The van der Waals surface area contributed by atoms with Crippen molar-refractivity contribution in [2.24, 2.45) is 0 Å². The van der Waals surface area contributed by atoms with Gasteiger partial charge in [-0.2, -0.15) is 0 Å². The van der Waals surface area contributed by atoms with Crippen molar-refractivity contribution in [3.63, 3.8) is 0 Å². The van der Waals surface area contributed by atoms with Crippen LogP contribution in [-0.4, -0.2) is 17.9 Å². The van der Waals surface area contributed by atoms with Gasteiger partial charge in [-0.15, -0.1) is 0 Å². The molecule has 0 spiro atoms. The number of hydrogen-bond donors (Lipinski definition) is 2. The fourth-order valence-electron chi connectivity index (χ4n) is 2.37. The fraction of sp³-hybridized carbons (Fsp3) is 0. The maximum atomic E-state index is 12.3. The molecule has 2 amide bonds. The molecule has 5 heteroatoms. The number of pyridine rings is 1. The van der Waals surface area contributed by atoms with Crippen molar-refractivity contribution in [2.45, 2.75) is 0 Å². The highest BCUT2D eigenvalue weighted by Crippen LogP contribution is 1.99. The summed E-state index contributed by atoms with van der Waals surface area (Å²) in [5, 5.41) is 5.76. The normalized spacial score (nSPS) is 9.91. The summed E-state index contributed by atoms with van der Waals surface area (Å²) in [7, 11) is 0. The first-order valence-corrected chi connectivity index (χ1v) is 7.41. The molecule has 23 heavy (non-hydrogen) atoms. The average Bonchev–Trinajstić information content (AvgIpc) is 2.62. The third kappa shape index (κ3) is 3.98. The maximum Gasteiger partial charge on any atom is 0.324 e. The molecule has 112 valence electrons. The van der Waals surface area contributed by atoms with Crippen LogP contribution in [0.1, 0.15) is 0 Å². The molecular formula is C18H16BN3O. The zero-order chi connectivity index (χ0) is 15.9. The number of hydrogen-bond acceptors (Lipinski definition) is 2. The van der Waals surface area contributed by atoms with Crippen molar-refractivity contribution in [1.29, 1.82) is 0 Å². The van der Waals surface area contributed by atoms with Crippen LogP contribution in [0.5, 0.6) is 0 Å². The van der Waals surface area contributed by atoms with Crippen molar-refractivity contribution in [1.82, 2.24) is 10.2 Å². The second-order valence-electron chi connectivity index (χ2n) is 5.07. The Labute approximate surface area is 135 Å². The average molecular weight is 301 g/mol. The molecule has 3 rings (SSSR count). The van der Waals surface area contributed by atoms with Crippen molar-refractivity contribution in [3.05, 3.63) is 85.1 Å². The number of amides is 2. The molecule has 1 heterocycles. The van der Waals surface area contributed by atoms with Gasteiger partial charge in [0.05, 0.1) is 0 Å². The monoisotopic (exact) mass is 301 g/mol. The second kappa shape index (κ2) is 7.27. The van der Waals surface area contributed by atoms with Crippen LogP contribution in [-0.2, 0) is 0 Å². The predicted octanol–water partition coefficient (Wildman–Crippen LogP) is 2.01. The molecule has 0 atom stereocenters. The van der Waals surface area contributed by atoms with Crippen LogP contribution in [0.2, 0.25) is 0 Å². The first kappa shape index (κ1) is 14.8. The number of carbonyl (C=O) groups excluding carboxylic acids is 1. The largest absolute Gasteiger partial charge is 0.372 e. The van der Waals surface area contributed by atoms with Gasteiger partial charge in [-0.25, -0.2) is 9.78 Å². The van der Waals surface area contributed by atoms with Gasteiger partial charge in [0, 0.05) is 6.20 Å². The Hall–Kier alpha value is -3.08. The Balaban J connectivity index is 1.81. The lowest BCUT2D eigenvalue weighted by Crippen LogP contribution is -2.57. The SMILES string of the molecule is O=C(NB(c1ccccc1)c1ccccc1)Nc1ccccn1. The van der Waals surface area contributed by atoms with Crippen molar-refractivity contribution in [2.75, 3.05) is 5.32 Å². The molecule has 4 nitrogen and oxygen atoms in total. The molecule has 0 aliphatic heterocycles. The van der Waals surface area contributed by atoms with Crippen LogP contribution in [0.15, 0.2) is 85.1 Å². The van der Waals surface area contributed by atoms with Gasteiger partial charge in [0.15, 0.2) is 0 Å². The van der Waals surface area contributed by atoms with Gasteiger partial charge in [-0.05, 0) is 12.1 Å². The maximum absolute atomic E-state index is 12.3. The van der Waals surface area contributed by atoms with E-state index in [9.17, 15) is 4.79 Å². The first-order valence-electron chi connectivity index (χ1n) is 7.41. The van der Waals surface area contributed by atoms with Crippen molar-refractivity contribution in [3.8, 4) is 0 Å². The number of nitrogens with zero attached hydrogens (tertiary/aromatic N) is 1. The summed E-state index contributed by atoms with van der Waals surface area (Å²) >= 11 is 0. The van der Waals surface area contributed by atoms with Crippen LogP contribution < -0.4 is 21.5 Å². The number of anilines is 1. The van der Waals surface area contributed by atoms with E-state index in [0.717, 1.165) is 10.9 Å². The number of carbonyl (C=O) groups is 1. The lowest BCUT2D eigenvalue weighted by atomic mass is 9.51. The van der Waals surface area contributed by atoms with E-state index in [1.165, 1.54) is 0 Å².